The van der Waals surface area contributed by atoms with Crippen molar-refractivity contribution in [3.05, 3.63) is 34.8 Å². The standard InChI is InChI=1S/C12H15N3O2S3/c1-9-14-15-12(19-9)18-5-6-20(16,17)11-4-2-3-10(7-11)8-13/h2-4,7H,5-6,8,13H2,1H3. The maximum atomic E-state index is 12.2. The molecule has 0 saturated heterocycles. The van der Waals surface area contributed by atoms with Crippen LogP contribution in [0.1, 0.15) is 10.6 Å². The van der Waals surface area contributed by atoms with Crippen molar-refractivity contribution in [2.24, 2.45) is 5.73 Å². The van der Waals surface area contributed by atoms with Gasteiger partial charge in [0.15, 0.2) is 14.2 Å². The molecule has 8 heteroatoms. The average molecular weight is 329 g/mol. The van der Waals surface area contributed by atoms with Crippen LogP contribution in [0.2, 0.25) is 0 Å². The summed E-state index contributed by atoms with van der Waals surface area (Å²) in [7, 11) is -3.28. The van der Waals surface area contributed by atoms with Crippen LogP contribution in [0.5, 0.6) is 0 Å². The summed E-state index contributed by atoms with van der Waals surface area (Å²) in [4.78, 5) is 0.328. The van der Waals surface area contributed by atoms with Crippen molar-refractivity contribution < 1.29 is 8.42 Å². The quantitative estimate of drug-likeness (QED) is 0.814. The first-order valence-corrected chi connectivity index (χ1v) is 9.41. The number of rotatable bonds is 6. The fourth-order valence-electron chi connectivity index (χ4n) is 1.56. The third kappa shape index (κ3) is 4.02. The minimum absolute atomic E-state index is 0.0737. The maximum absolute atomic E-state index is 12.2. The first-order valence-electron chi connectivity index (χ1n) is 5.96. The molecule has 0 aliphatic heterocycles. The molecule has 1 aromatic carbocycles. The van der Waals surface area contributed by atoms with Crippen LogP contribution in [0.25, 0.3) is 0 Å². The molecule has 0 atom stereocenters. The molecule has 1 aromatic heterocycles. The molecule has 0 aliphatic rings. The summed E-state index contributed by atoms with van der Waals surface area (Å²) >= 11 is 2.88. The average Bonchev–Trinajstić information content (AvgIpc) is 2.84. The Bertz CT molecular complexity index is 683. The Morgan fingerprint density at radius 2 is 2.15 bits per heavy atom. The van der Waals surface area contributed by atoms with Gasteiger partial charge in [0.25, 0.3) is 0 Å². The molecule has 0 amide bonds. The Kier molecular flexibility index (Phi) is 5.14. The largest absolute Gasteiger partial charge is 0.326 e. The minimum Gasteiger partial charge on any atom is -0.326 e. The third-order valence-electron chi connectivity index (χ3n) is 2.58. The molecule has 0 saturated carbocycles. The summed E-state index contributed by atoms with van der Waals surface area (Å²) in [5, 5.41) is 8.73. The van der Waals surface area contributed by atoms with Crippen LogP contribution in [0.3, 0.4) is 0 Å². The highest BCUT2D eigenvalue weighted by molar-refractivity contribution is 8.02. The number of hydrogen-bond donors (Lipinski definition) is 1. The Balaban J connectivity index is 2.00. The van der Waals surface area contributed by atoms with Crippen LogP contribution < -0.4 is 5.73 Å². The third-order valence-corrected chi connectivity index (χ3v) is 6.52. The monoisotopic (exact) mass is 329 g/mol. The maximum Gasteiger partial charge on any atom is 0.179 e. The molecule has 20 heavy (non-hydrogen) atoms. The van der Waals surface area contributed by atoms with Gasteiger partial charge < -0.3 is 5.73 Å². The van der Waals surface area contributed by atoms with E-state index in [0.717, 1.165) is 14.9 Å². The van der Waals surface area contributed by atoms with Crippen molar-refractivity contribution in [2.75, 3.05) is 11.5 Å². The Labute approximate surface area is 126 Å². The second-order valence-electron chi connectivity index (χ2n) is 4.11. The van der Waals surface area contributed by atoms with Crippen LogP contribution in [0, 0.1) is 6.92 Å². The molecule has 0 spiro atoms. The number of hydrogen-bond acceptors (Lipinski definition) is 7. The number of thioether (sulfide) groups is 1. The van der Waals surface area contributed by atoms with Gasteiger partial charge in [-0.05, 0) is 24.6 Å². The van der Waals surface area contributed by atoms with Gasteiger partial charge in [0.05, 0.1) is 10.6 Å². The normalized spacial score (nSPS) is 11.7. The number of aryl methyl sites for hydroxylation is 1. The second kappa shape index (κ2) is 6.66. The summed E-state index contributed by atoms with van der Waals surface area (Å²) in [6.45, 7) is 2.21. The summed E-state index contributed by atoms with van der Waals surface area (Å²) in [6.07, 6.45) is 0. The fourth-order valence-corrected chi connectivity index (χ4v) is 5.16. The van der Waals surface area contributed by atoms with E-state index in [1.54, 1.807) is 18.2 Å². The molecule has 0 fully saturated rings. The number of nitrogens with zero attached hydrogens (tertiary/aromatic N) is 2. The van der Waals surface area contributed by atoms with Gasteiger partial charge in [-0.2, -0.15) is 0 Å². The van der Waals surface area contributed by atoms with E-state index in [0.29, 0.717) is 17.2 Å². The van der Waals surface area contributed by atoms with E-state index in [1.807, 2.05) is 13.0 Å². The van der Waals surface area contributed by atoms with Crippen molar-refractivity contribution in [3.8, 4) is 0 Å². The zero-order valence-corrected chi connectivity index (χ0v) is 13.4. The topological polar surface area (TPSA) is 85.9 Å². The number of nitrogens with two attached hydrogens (primary N) is 1. The zero-order chi connectivity index (χ0) is 14.6. The van der Waals surface area contributed by atoms with Gasteiger partial charge in [-0.3, -0.25) is 0 Å². The van der Waals surface area contributed by atoms with E-state index in [2.05, 4.69) is 10.2 Å². The molecule has 0 unspecified atom stereocenters. The predicted molar refractivity (Wildman–Crippen MR) is 81.8 cm³/mol. The van der Waals surface area contributed by atoms with Crippen LogP contribution in [-0.2, 0) is 16.4 Å². The van der Waals surface area contributed by atoms with Crippen molar-refractivity contribution in [1.29, 1.82) is 0 Å². The first kappa shape index (κ1) is 15.4. The van der Waals surface area contributed by atoms with E-state index < -0.39 is 9.84 Å². The Hall–Kier alpha value is -0.960. The van der Waals surface area contributed by atoms with E-state index in [9.17, 15) is 8.42 Å². The molecule has 2 aromatic rings. The van der Waals surface area contributed by atoms with Crippen LogP contribution >= 0.6 is 23.1 Å². The summed E-state index contributed by atoms with van der Waals surface area (Å²) < 4.78 is 25.2. The minimum atomic E-state index is -3.28. The van der Waals surface area contributed by atoms with Crippen molar-refractivity contribution >= 4 is 32.9 Å². The van der Waals surface area contributed by atoms with E-state index in [-0.39, 0.29) is 5.75 Å². The van der Waals surface area contributed by atoms with E-state index >= 15 is 0 Å². The lowest BCUT2D eigenvalue weighted by molar-refractivity contribution is 0.597. The van der Waals surface area contributed by atoms with Crippen molar-refractivity contribution in [1.82, 2.24) is 10.2 Å². The lowest BCUT2D eigenvalue weighted by atomic mass is 10.2. The molecule has 5 nitrogen and oxygen atoms in total. The number of sulfone groups is 1. The lowest BCUT2D eigenvalue weighted by Gasteiger charge is -2.05. The van der Waals surface area contributed by atoms with Gasteiger partial charge in [0.1, 0.15) is 5.01 Å². The number of aromatic nitrogens is 2. The van der Waals surface area contributed by atoms with Gasteiger partial charge in [0.2, 0.25) is 0 Å². The SMILES string of the molecule is Cc1nnc(SCCS(=O)(=O)c2cccc(CN)c2)s1. The highest BCUT2D eigenvalue weighted by Gasteiger charge is 2.15. The molecule has 0 bridgehead atoms. The van der Waals surface area contributed by atoms with Crippen LogP contribution in [0.15, 0.2) is 33.5 Å². The highest BCUT2D eigenvalue weighted by atomic mass is 32.2. The predicted octanol–water partition coefficient (Wildman–Crippen LogP) is 1.87. The molecule has 2 rings (SSSR count). The van der Waals surface area contributed by atoms with Gasteiger partial charge in [-0.25, -0.2) is 8.42 Å². The van der Waals surface area contributed by atoms with Gasteiger partial charge in [-0.15, -0.1) is 10.2 Å². The number of benzene rings is 1. The van der Waals surface area contributed by atoms with Crippen molar-refractivity contribution in [3.63, 3.8) is 0 Å². The molecule has 0 radical (unpaired) electrons. The first-order chi connectivity index (χ1) is 9.51. The van der Waals surface area contributed by atoms with Crippen molar-refractivity contribution in [2.45, 2.75) is 22.7 Å². The lowest BCUT2D eigenvalue weighted by Crippen LogP contribution is -2.09. The fraction of sp³-hybridized carbons (Fsp3) is 0.333. The van der Waals surface area contributed by atoms with Crippen LogP contribution in [0.4, 0.5) is 0 Å². The van der Waals surface area contributed by atoms with E-state index in [1.165, 1.54) is 23.1 Å². The highest BCUT2D eigenvalue weighted by Crippen LogP contribution is 2.23. The molecular weight excluding hydrogens is 314 g/mol. The Morgan fingerprint density at radius 1 is 1.35 bits per heavy atom. The summed E-state index contributed by atoms with van der Waals surface area (Å²) in [6, 6.07) is 6.78. The van der Waals surface area contributed by atoms with Crippen LogP contribution in [-0.4, -0.2) is 30.1 Å². The smallest absolute Gasteiger partial charge is 0.179 e. The van der Waals surface area contributed by atoms with Gasteiger partial charge >= 0.3 is 0 Å². The molecule has 2 N–H and O–H groups in total. The zero-order valence-electron chi connectivity index (χ0n) is 10.9. The Morgan fingerprint density at radius 3 is 2.80 bits per heavy atom. The second-order valence-corrected chi connectivity index (χ2v) is 8.74. The van der Waals surface area contributed by atoms with Gasteiger partial charge in [-0.1, -0.05) is 35.2 Å². The summed E-state index contributed by atoms with van der Waals surface area (Å²) in [5.41, 5.74) is 6.35. The molecular formula is C12H15N3O2S3. The van der Waals surface area contributed by atoms with E-state index in [4.69, 9.17) is 5.73 Å². The summed E-state index contributed by atoms with van der Waals surface area (Å²) in [5.74, 6) is 0.536. The molecule has 0 aliphatic carbocycles. The molecule has 108 valence electrons. The molecule has 1 heterocycles. The van der Waals surface area contributed by atoms with Gasteiger partial charge in [0, 0.05) is 12.3 Å².